The number of alkyl halides is 1. The first-order chi connectivity index (χ1) is 5.77. The van der Waals surface area contributed by atoms with Gasteiger partial charge in [0.15, 0.2) is 0 Å². The van der Waals surface area contributed by atoms with Crippen LogP contribution in [0.15, 0.2) is 12.3 Å². The van der Waals surface area contributed by atoms with Crippen molar-refractivity contribution in [3.63, 3.8) is 0 Å². The molecule has 1 unspecified atom stereocenters. The molecule has 2 atom stereocenters. The Morgan fingerprint density at radius 3 is 3.25 bits per heavy atom. The number of anilines is 1. The highest BCUT2D eigenvalue weighted by Crippen LogP contribution is 2.31. The zero-order valence-corrected chi connectivity index (χ0v) is 7.86. The fourth-order valence-electron chi connectivity index (χ4n) is 1.75. The Balaban J connectivity index is 2.29. The molecule has 0 radical (unpaired) electrons. The first kappa shape index (κ1) is 7.99. The van der Waals surface area contributed by atoms with E-state index in [-0.39, 0.29) is 5.38 Å². The van der Waals surface area contributed by atoms with E-state index in [9.17, 15) is 0 Å². The Morgan fingerprint density at radius 1 is 1.58 bits per heavy atom. The second-order valence-corrected chi connectivity index (χ2v) is 4.04. The Morgan fingerprint density at radius 2 is 2.42 bits per heavy atom. The molecule has 2 heterocycles. The number of nitrogens with one attached hydrogen (secondary N) is 2. The lowest BCUT2D eigenvalue weighted by Crippen LogP contribution is -2.12. The highest BCUT2D eigenvalue weighted by molar-refractivity contribution is 6.21. The van der Waals surface area contributed by atoms with Crippen LogP contribution in [0.1, 0.15) is 24.8 Å². The van der Waals surface area contributed by atoms with E-state index in [2.05, 4.69) is 23.3 Å². The molecule has 1 aliphatic heterocycles. The van der Waals surface area contributed by atoms with Crippen molar-refractivity contribution in [1.29, 1.82) is 0 Å². The Labute approximate surface area is 77.3 Å². The molecule has 2 nitrogen and oxygen atoms in total. The number of hydrogen-bond acceptors (Lipinski definition) is 1. The molecule has 0 spiro atoms. The molecule has 2 rings (SSSR count). The summed E-state index contributed by atoms with van der Waals surface area (Å²) >= 11 is 6.09. The molecular weight excluding hydrogens is 172 g/mol. The number of aromatic amines is 1. The molecule has 0 fully saturated rings. The number of halogens is 1. The fourth-order valence-corrected chi connectivity index (χ4v) is 2.10. The lowest BCUT2D eigenvalue weighted by Gasteiger charge is -2.08. The molecule has 1 aromatic rings. The van der Waals surface area contributed by atoms with Crippen LogP contribution in [-0.2, 0) is 0 Å². The zero-order chi connectivity index (χ0) is 8.55. The third-order valence-electron chi connectivity index (χ3n) is 2.42. The fraction of sp³-hybridized carbons (Fsp3) is 0.556. The van der Waals surface area contributed by atoms with Gasteiger partial charge in [-0.25, -0.2) is 0 Å². The summed E-state index contributed by atoms with van der Waals surface area (Å²) in [6.07, 6.45) is 3.03. The Kier molecular flexibility index (Phi) is 2.01. The minimum absolute atomic E-state index is 0.251. The number of hydrogen-bond donors (Lipinski definition) is 2. The van der Waals surface area contributed by atoms with E-state index < -0.39 is 0 Å². The standard InChI is InChI=1S/C9H13ClN2/c1-6-4-7(10)5-12-9-8(6)2-3-11-9/h2-3,6-7,11-12H,4-5H2,1H3/t6?,7-/m1/s1. The van der Waals surface area contributed by atoms with Crippen LogP contribution in [0.4, 0.5) is 5.82 Å². The van der Waals surface area contributed by atoms with Crippen molar-refractivity contribution in [3.05, 3.63) is 17.8 Å². The average Bonchev–Trinajstić information content (AvgIpc) is 2.43. The normalized spacial score (nSPS) is 28.8. The summed E-state index contributed by atoms with van der Waals surface area (Å²) in [7, 11) is 0. The maximum absolute atomic E-state index is 6.09. The monoisotopic (exact) mass is 184 g/mol. The van der Waals surface area contributed by atoms with Crippen LogP contribution in [0.5, 0.6) is 0 Å². The van der Waals surface area contributed by atoms with Gasteiger partial charge in [-0.05, 0) is 24.0 Å². The van der Waals surface area contributed by atoms with Crippen LogP contribution in [0.3, 0.4) is 0 Å². The predicted octanol–water partition coefficient (Wildman–Crippen LogP) is 2.54. The molecule has 2 N–H and O–H groups in total. The van der Waals surface area contributed by atoms with Gasteiger partial charge >= 0.3 is 0 Å². The second kappa shape index (κ2) is 3.02. The maximum Gasteiger partial charge on any atom is 0.106 e. The van der Waals surface area contributed by atoms with Gasteiger partial charge in [0.2, 0.25) is 0 Å². The lowest BCUT2D eigenvalue weighted by atomic mass is 9.99. The average molecular weight is 185 g/mol. The smallest absolute Gasteiger partial charge is 0.106 e. The molecule has 0 bridgehead atoms. The van der Waals surface area contributed by atoms with Gasteiger partial charge in [-0.2, -0.15) is 0 Å². The van der Waals surface area contributed by atoms with Crippen molar-refractivity contribution in [2.45, 2.75) is 24.6 Å². The second-order valence-electron chi connectivity index (χ2n) is 3.42. The van der Waals surface area contributed by atoms with Crippen molar-refractivity contribution in [3.8, 4) is 0 Å². The maximum atomic E-state index is 6.09. The summed E-state index contributed by atoms with van der Waals surface area (Å²) in [4.78, 5) is 3.18. The van der Waals surface area contributed by atoms with Gasteiger partial charge in [-0.1, -0.05) is 6.92 Å². The number of aromatic nitrogens is 1. The molecule has 66 valence electrons. The van der Waals surface area contributed by atoms with Crippen LogP contribution in [0.25, 0.3) is 0 Å². The van der Waals surface area contributed by atoms with Crippen LogP contribution in [-0.4, -0.2) is 16.9 Å². The van der Waals surface area contributed by atoms with Crippen LogP contribution in [0.2, 0.25) is 0 Å². The molecular formula is C9H13ClN2. The van der Waals surface area contributed by atoms with E-state index in [0.717, 1.165) is 18.8 Å². The Bertz CT molecular complexity index is 269. The van der Waals surface area contributed by atoms with E-state index >= 15 is 0 Å². The molecule has 0 aromatic carbocycles. The molecule has 1 aromatic heterocycles. The van der Waals surface area contributed by atoms with E-state index in [4.69, 9.17) is 11.6 Å². The van der Waals surface area contributed by atoms with Gasteiger partial charge in [0, 0.05) is 12.7 Å². The third kappa shape index (κ3) is 1.31. The molecule has 0 aliphatic carbocycles. The summed E-state index contributed by atoms with van der Waals surface area (Å²) in [5.74, 6) is 1.70. The molecule has 0 saturated carbocycles. The number of H-pyrrole nitrogens is 1. The van der Waals surface area contributed by atoms with E-state index in [1.165, 1.54) is 5.56 Å². The minimum atomic E-state index is 0.251. The predicted molar refractivity (Wildman–Crippen MR) is 52.0 cm³/mol. The quantitative estimate of drug-likeness (QED) is 0.596. The van der Waals surface area contributed by atoms with Gasteiger partial charge < -0.3 is 10.3 Å². The van der Waals surface area contributed by atoms with Crippen molar-refractivity contribution in [2.24, 2.45) is 0 Å². The van der Waals surface area contributed by atoms with Crippen molar-refractivity contribution < 1.29 is 0 Å². The molecule has 0 saturated heterocycles. The lowest BCUT2D eigenvalue weighted by molar-refractivity contribution is 0.674. The minimum Gasteiger partial charge on any atom is -0.370 e. The first-order valence-electron chi connectivity index (χ1n) is 4.32. The van der Waals surface area contributed by atoms with Gasteiger partial charge in [0.1, 0.15) is 5.82 Å². The molecule has 12 heavy (non-hydrogen) atoms. The zero-order valence-electron chi connectivity index (χ0n) is 7.10. The summed E-state index contributed by atoms with van der Waals surface area (Å²) in [5, 5.41) is 3.55. The highest BCUT2D eigenvalue weighted by atomic mass is 35.5. The molecule has 1 aliphatic rings. The van der Waals surface area contributed by atoms with E-state index in [1.807, 2.05) is 6.20 Å². The van der Waals surface area contributed by atoms with Crippen molar-refractivity contribution in [1.82, 2.24) is 4.98 Å². The van der Waals surface area contributed by atoms with Gasteiger partial charge in [0.25, 0.3) is 0 Å². The van der Waals surface area contributed by atoms with Crippen molar-refractivity contribution in [2.75, 3.05) is 11.9 Å². The molecule has 3 heteroatoms. The Hall–Kier alpha value is -0.630. The summed E-state index contributed by atoms with van der Waals surface area (Å²) in [6, 6.07) is 2.13. The topological polar surface area (TPSA) is 27.8 Å². The SMILES string of the molecule is CC1C[C@@H](Cl)CNc2[nH]ccc21. The molecule has 0 amide bonds. The highest BCUT2D eigenvalue weighted by Gasteiger charge is 2.20. The van der Waals surface area contributed by atoms with Crippen LogP contribution in [0, 0.1) is 0 Å². The largest absolute Gasteiger partial charge is 0.370 e. The summed E-state index contributed by atoms with van der Waals surface area (Å²) < 4.78 is 0. The van der Waals surface area contributed by atoms with Crippen LogP contribution < -0.4 is 5.32 Å². The number of fused-ring (bicyclic) bond motifs is 1. The summed E-state index contributed by atoms with van der Waals surface area (Å²) in [6.45, 7) is 3.08. The van der Waals surface area contributed by atoms with Gasteiger partial charge in [-0.15, -0.1) is 11.6 Å². The first-order valence-corrected chi connectivity index (χ1v) is 4.76. The third-order valence-corrected chi connectivity index (χ3v) is 2.75. The van der Waals surface area contributed by atoms with Crippen molar-refractivity contribution >= 4 is 17.4 Å². The summed E-state index contributed by atoms with van der Waals surface area (Å²) in [5.41, 5.74) is 1.36. The van der Waals surface area contributed by atoms with Gasteiger partial charge in [0.05, 0.1) is 5.38 Å². The van der Waals surface area contributed by atoms with E-state index in [0.29, 0.717) is 5.92 Å². The van der Waals surface area contributed by atoms with Gasteiger partial charge in [-0.3, -0.25) is 0 Å². The number of rotatable bonds is 0. The van der Waals surface area contributed by atoms with E-state index in [1.54, 1.807) is 0 Å². The van der Waals surface area contributed by atoms with Crippen LogP contribution >= 0.6 is 11.6 Å².